The number of carbonyl (C=O) groups excluding carboxylic acids is 4. The van der Waals surface area contributed by atoms with Gasteiger partial charge in [-0.1, -0.05) is 39.0 Å². The number of phenolic OH excluding ortho intramolecular Hbond substituents is 2. The minimum absolute atomic E-state index is 0.00501. The van der Waals surface area contributed by atoms with Crippen LogP contribution in [0.15, 0.2) is 53.6 Å². The van der Waals surface area contributed by atoms with Crippen molar-refractivity contribution in [2.24, 2.45) is 17.3 Å². The van der Waals surface area contributed by atoms with E-state index in [1.165, 1.54) is 17.7 Å². The Morgan fingerprint density at radius 3 is 2.54 bits per heavy atom. The first-order valence-corrected chi connectivity index (χ1v) is 24.9. The van der Waals surface area contributed by atoms with Crippen molar-refractivity contribution in [3.05, 3.63) is 115 Å². The fourth-order valence-corrected chi connectivity index (χ4v) is 12.7. The predicted molar refractivity (Wildman–Crippen MR) is 259 cm³/mol. The third kappa shape index (κ3) is 7.98. The van der Waals surface area contributed by atoms with E-state index in [1.807, 2.05) is 38.8 Å². The van der Waals surface area contributed by atoms with Gasteiger partial charge in [-0.3, -0.25) is 19.3 Å². The molecule has 2 saturated heterocycles. The first-order chi connectivity index (χ1) is 33.6. The van der Waals surface area contributed by atoms with Gasteiger partial charge in [0, 0.05) is 100 Å². The lowest BCUT2D eigenvalue weighted by molar-refractivity contribution is -0.147. The summed E-state index contributed by atoms with van der Waals surface area (Å²) in [5.41, 5.74) is 10.8. The molecular weight excluding hydrogens is 892 g/mol. The molecule has 3 aromatic carbocycles. The summed E-state index contributed by atoms with van der Waals surface area (Å²) in [6.45, 7) is 14.9. The van der Waals surface area contributed by atoms with E-state index < -0.39 is 12.0 Å². The Kier molecular flexibility index (Phi) is 11.5. The maximum Gasteiger partial charge on any atom is 0.407 e. The minimum atomic E-state index is -0.586. The molecule has 14 nitrogen and oxygen atoms in total. The van der Waals surface area contributed by atoms with Crippen molar-refractivity contribution in [1.82, 2.24) is 29.9 Å². The summed E-state index contributed by atoms with van der Waals surface area (Å²) in [6, 6.07) is 10.5. The number of ether oxygens (including phenoxy) is 2. The number of aromatic hydroxyl groups is 2. The molecule has 4 aromatic rings. The second-order valence-corrected chi connectivity index (χ2v) is 21.5. The first kappa shape index (κ1) is 46.1. The number of alkyl carbamates (subject to hydrolysis) is 1. The summed E-state index contributed by atoms with van der Waals surface area (Å²) in [6.07, 6.45) is 5.33. The monoisotopic (exact) mass is 952 g/mol. The van der Waals surface area contributed by atoms with Gasteiger partial charge in [0.2, 0.25) is 0 Å². The van der Waals surface area contributed by atoms with Crippen LogP contribution in [0.2, 0.25) is 0 Å². The third-order valence-corrected chi connectivity index (χ3v) is 16.3. The maximum absolute atomic E-state index is 15.4. The number of aryl methyl sites for hydroxylation is 1. The summed E-state index contributed by atoms with van der Waals surface area (Å²) in [5.74, 6) is -1.12. The number of likely N-dealkylation sites (tertiary alicyclic amines) is 2. The van der Waals surface area contributed by atoms with Gasteiger partial charge in [0.15, 0.2) is 0 Å². The number of nitrogens with one attached hydrogen (secondary N) is 1. The number of aldehydes is 1. The lowest BCUT2D eigenvalue weighted by Crippen LogP contribution is -2.66. The van der Waals surface area contributed by atoms with Crippen LogP contribution >= 0.6 is 0 Å². The zero-order chi connectivity index (χ0) is 48.9. The van der Waals surface area contributed by atoms with Crippen LogP contribution in [-0.2, 0) is 51.7 Å². The van der Waals surface area contributed by atoms with E-state index in [4.69, 9.17) is 14.5 Å². The molecule has 366 valence electrons. The fraction of sp³-hybridized carbons (Fsp3) is 0.473. The Morgan fingerprint density at radius 2 is 1.80 bits per heavy atom. The van der Waals surface area contributed by atoms with Crippen molar-refractivity contribution in [2.45, 2.75) is 104 Å². The van der Waals surface area contributed by atoms with E-state index >= 15 is 4.39 Å². The van der Waals surface area contributed by atoms with Gasteiger partial charge in [0.05, 0.1) is 34.4 Å². The molecule has 6 heterocycles. The molecule has 2 amide bonds. The number of fused-ring (bicyclic) bond motifs is 3. The van der Waals surface area contributed by atoms with Crippen LogP contribution in [0.25, 0.3) is 16.6 Å². The number of rotatable bonds is 11. The van der Waals surface area contributed by atoms with E-state index in [1.54, 1.807) is 17.9 Å². The number of aromatic nitrogens is 1. The second kappa shape index (κ2) is 17.5. The smallest absolute Gasteiger partial charge is 0.407 e. The minimum Gasteiger partial charge on any atom is -0.508 e. The van der Waals surface area contributed by atoms with E-state index in [0.717, 1.165) is 97.3 Å². The average Bonchev–Trinajstić information content (AvgIpc) is 3.85. The standard InChI is InChI=1S/C55H61FN6O8/c1-6-37-40(35(25-63)26-69-53(37)67)13-46-51-42(24-59(46)5)50-44(10-9-38-30(4)43(56)14-45(57-51)49(38)50)58-54(68)70-36-16-55(17-36)27-61(28-55)21-32-19-60(20-32)18-31-7-8-33-22-62(23-34(33)11-31)52(66)41-12-39(29(2)3)47(64)15-48(41)65/h7-8,11-15,25,29,32,36-37,44,64-65H,6,9-10,16-24,26-28H2,1-5H3,(H,58,68)/b46-13-. The van der Waals surface area contributed by atoms with E-state index in [0.29, 0.717) is 78.3 Å². The number of hydrogen-bond acceptors (Lipinski definition) is 12. The van der Waals surface area contributed by atoms with E-state index in [-0.39, 0.29) is 64.8 Å². The molecule has 1 spiro atoms. The molecular formula is C55H61FN6O8. The summed E-state index contributed by atoms with van der Waals surface area (Å²) in [5, 5.41) is 24.9. The Bertz CT molecular complexity index is 2950. The zero-order valence-corrected chi connectivity index (χ0v) is 40.6. The summed E-state index contributed by atoms with van der Waals surface area (Å²) >= 11 is 0. The molecule has 1 saturated carbocycles. The van der Waals surface area contributed by atoms with Crippen molar-refractivity contribution >= 4 is 40.9 Å². The molecule has 3 fully saturated rings. The summed E-state index contributed by atoms with van der Waals surface area (Å²) < 4.78 is 26.8. The Morgan fingerprint density at radius 1 is 1.03 bits per heavy atom. The third-order valence-electron chi connectivity index (χ3n) is 16.3. The number of benzene rings is 3. The Balaban J connectivity index is 0.674. The number of allylic oxidation sites excluding steroid dienone is 1. The number of nitrogens with zero attached hydrogens (tertiary/aromatic N) is 5. The van der Waals surface area contributed by atoms with Crippen LogP contribution in [0, 0.1) is 30.0 Å². The maximum atomic E-state index is 15.4. The lowest BCUT2D eigenvalue weighted by Gasteiger charge is -2.59. The van der Waals surface area contributed by atoms with Crippen LogP contribution in [0.3, 0.4) is 0 Å². The normalized spacial score (nSPS) is 22.6. The molecule has 11 rings (SSSR count). The number of phenols is 2. The van der Waals surface area contributed by atoms with Gasteiger partial charge in [-0.25, -0.2) is 14.2 Å². The number of amides is 2. The van der Waals surface area contributed by atoms with Gasteiger partial charge in [0.25, 0.3) is 5.91 Å². The molecule has 70 heavy (non-hydrogen) atoms. The average molecular weight is 953 g/mol. The first-order valence-electron chi connectivity index (χ1n) is 24.9. The van der Waals surface area contributed by atoms with Crippen LogP contribution in [0.5, 0.6) is 11.5 Å². The number of esters is 1. The molecule has 3 N–H and O–H groups in total. The van der Waals surface area contributed by atoms with Gasteiger partial charge in [0.1, 0.15) is 36.3 Å². The fourth-order valence-electron chi connectivity index (χ4n) is 12.7. The highest BCUT2D eigenvalue weighted by molar-refractivity contribution is 5.98. The van der Waals surface area contributed by atoms with Crippen molar-refractivity contribution in [2.75, 3.05) is 46.4 Å². The van der Waals surface area contributed by atoms with Gasteiger partial charge in [-0.2, -0.15) is 0 Å². The molecule has 2 unspecified atom stereocenters. The topological polar surface area (TPSA) is 165 Å². The molecule has 5 aliphatic heterocycles. The predicted octanol–water partition coefficient (Wildman–Crippen LogP) is 7.55. The number of cyclic esters (lactones) is 1. The van der Waals surface area contributed by atoms with Crippen LogP contribution in [0.4, 0.5) is 9.18 Å². The molecule has 15 heteroatoms. The molecule has 2 aliphatic carbocycles. The Hall–Kier alpha value is -6.32. The highest BCUT2D eigenvalue weighted by atomic mass is 19.1. The highest BCUT2D eigenvalue weighted by Gasteiger charge is 2.54. The van der Waals surface area contributed by atoms with Gasteiger partial charge < -0.3 is 39.7 Å². The number of pyridine rings is 1. The van der Waals surface area contributed by atoms with Gasteiger partial charge in [-0.05, 0) is 108 Å². The second-order valence-electron chi connectivity index (χ2n) is 21.5. The van der Waals surface area contributed by atoms with Gasteiger partial charge in [-0.15, -0.1) is 0 Å². The molecule has 2 atom stereocenters. The van der Waals surface area contributed by atoms with Crippen molar-refractivity contribution in [3.63, 3.8) is 0 Å². The van der Waals surface area contributed by atoms with Crippen molar-refractivity contribution in [3.8, 4) is 11.5 Å². The highest BCUT2D eigenvalue weighted by Crippen LogP contribution is 2.51. The summed E-state index contributed by atoms with van der Waals surface area (Å²) in [7, 11) is 1.94. The van der Waals surface area contributed by atoms with Crippen LogP contribution < -0.4 is 5.32 Å². The number of carbonyl (C=O) groups is 4. The molecule has 7 aliphatic rings. The van der Waals surface area contributed by atoms with Crippen LogP contribution in [0.1, 0.15) is 119 Å². The van der Waals surface area contributed by atoms with E-state index in [2.05, 4.69) is 33.3 Å². The molecule has 0 radical (unpaired) electrons. The van der Waals surface area contributed by atoms with E-state index in [9.17, 15) is 29.4 Å². The SMILES string of the molecule is CCC1C(=O)OCC(C=O)=C1/C=C1/c2nc3cc(F)c(C)c4c3c(c2CN1C)C(NC(=O)OC1CC2(C1)CN(CC1CN(Cc3ccc5c(c3)CN(C(=O)c3cc(C(C)C)c(O)cc3O)C5)C1)C2)CC4. The number of halogens is 1. The summed E-state index contributed by atoms with van der Waals surface area (Å²) in [4.78, 5) is 65.9. The van der Waals surface area contributed by atoms with Crippen LogP contribution in [-0.4, -0.2) is 112 Å². The van der Waals surface area contributed by atoms with Gasteiger partial charge >= 0.3 is 12.1 Å². The van der Waals surface area contributed by atoms with Crippen molar-refractivity contribution < 1.29 is 43.3 Å². The lowest BCUT2D eigenvalue weighted by atomic mass is 9.61. The quantitative estimate of drug-likeness (QED) is 0.100. The molecule has 0 bridgehead atoms. The largest absolute Gasteiger partial charge is 0.508 e. The Labute approximate surface area is 407 Å². The molecule has 1 aromatic heterocycles. The zero-order valence-electron chi connectivity index (χ0n) is 40.6. The van der Waals surface area contributed by atoms with Crippen molar-refractivity contribution in [1.29, 1.82) is 0 Å². The number of hydrogen-bond donors (Lipinski definition) is 3.